The summed E-state index contributed by atoms with van der Waals surface area (Å²) in [6.45, 7) is 6.53. The molecule has 2 saturated heterocycles. The third-order valence-corrected chi connectivity index (χ3v) is 9.46. The molecule has 3 saturated carbocycles. The molecule has 0 radical (unpaired) electrons. The Bertz CT molecular complexity index is 1400. The molecule has 5 fully saturated rings. The van der Waals surface area contributed by atoms with Gasteiger partial charge in [-0.25, -0.2) is 4.68 Å². The molecule has 3 aromatic rings. The highest BCUT2D eigenvalue weighted by Gasteiger charge is 2.69. The van der Waals surface area contributed by atoms with Crippen LogP contribution in [0.3, 0.4) is 0 Å². The summed E-state index contributed by atoms with van der Waals surface area (Å²) in [4.78, 5) is 4.63. The van der Waals surface area contributed by atoms with Crippen molar-refractivity contribution in [1.82, 2.24) is 24.5 Å². The van der Waals surface area contributed by atoms with Crippen LogP contribution in [0.4, 0.5) is 5.69 Å². The standard InChI is InChI=1S/C26H33ClN6O3/c1-24(16-36-12-23(24)34)31-5-3-30(4-6-31)22-8-21-18(7-20(22)27)9-29-33(21)19-10-28-32(11-19)26-13-25(14-26,15-26)17-35-2/h7-11,23,34H,3-6,12-17H2,1-2H3/t23-,24+,25?,26?/m0/s1/i2D3. The van der Waals surface area contributed by atoms with Gasteiger partial charge < -0.3 is 19.5 Å². The second-order valence-corrected chi connectivity index (χ2v) is 11.9. The fourth-order valence-corrected chi connectivity index (χ4v) is 7.36. The number of hydrogen-bond acceptors (Lipinski definition) is 7. The Morgan fingerprint density at radius 3 is 2.72 bits per heavy atom. The smallest absolute Gasteiger partial charge is 0.103 e. The summed E-state index contributed by atoms with van der Waals surface area (Å²) >= 11 is 6.75. The Balaban J connectivity index is 1.08. The van der Waals surface area contributed by atoms with Gasteiger partial charge in [-0.2, -0.15) is 10.2 Å². The highest BCUT2D eigenvalue weighted by molar-refractivity contribution is 6.34. The second kappa shape index (κ2) is 7.91. The van der Waals surface area contributed by atoms with E-state index in [2.05, 4.69) is 33.0 Å². The number of rotatable bonds is 6. The average Bonchev–Trinajstić information content (AvgIpc) is 3.56. The topological polar surface area (TPSA) is 80.8 Å². The first-order valence-corrected chi connectivity index (χ1v) is 13.0. The van der Waals surface area contributed by atoms with E-state index >= 15 is 0 Å². The van der Waals surface area contributed by atoms with E-state index in [0.717, 1.165) is 67.7 Å². The molecule has 0 unspecified atom stereocenters. The second-order valence-electron chi connectivity index (χ2n) is 11.5. The van der Waals surface area contributed by atoms with Gasteiger partial charge in [0, 0.05) is 44.0 Å². The Hall–Kier alpha value is -2.17. The van der Waals surface area contributed by atoms with Crippen molar-refractivity contribution < 1.29 is 18.7 Å². The number of aromatic nitrogens is 4. The van der Waals surface area contributed by atoms with E-state index in [9.17, 15) is 5.11 Å². The minimum atomic E-state index is -2.34. The van der Waals surface area contributed by atoms with Gasteiger partial charge in [0.2, 0.25) is 0 Å². The predicted octanol–water partition coefficient (Wildman–Crippen LogP) is 2.67. The number of hydrogen-bond donors (Lipinski definition) is 1. The minimum absolute atomic E-state index is 0.0329. The first-order chi connectivity index (χ1) is 18.5. The molecule has 3 aliphatic carbocycles. The van der Waals surface area contributed by atoms with Crippen LogP contribution in [0.25, 0.3) is 16.6 Å². The summed E-state index contributed by atoms with van der Waals surface area (Å²) in [6, 6.07) is 4.08. The van der Waals surface area contributed by atoms with Crippen molar-refractivity contribution in [3.63, 3.8) is 0 Å². The number of anilines is 1. The van der Waals surface area contributed by atoms with E-state index in [1.54, 1.807) is 0 Å². The van der Waals surface area contributed by atoms with E-state index in [1.165, 1.54) is 0 Å². The van der Waals surface area contributed by atoms with Gasteiger partial charge >= 0.3 is 0 Å². The van der Waals surface area contributed by atoms with Gasteiger partial charge in [-0.3, -0.25) is 9.58 Å². The Morgan fingerprint density at radius 1 is 1.19 bits per heavy atom. The Labute approximate surface area is 219 Å². The van der Waals surface area contributed by atoms with Gasteiger partial charge in [-0.15, -0.1) is 0 Å². The van der Waals surface area contributed by atoms with E-state index < -0.39 is 13.1 Å². The van der Waals surface area contributed by atoms with Crippen molar-refractivity contribution in [1.29, 1.82) is 0 Å². The summed E-state index contributed by atoms with van der Waals surface area (Å²) in [5.74, 6) is 0. The lowest BCUT2D eigenvalue weighted by atomic mass is 9.39. The number of fused-ring (bicyclic) bond motifs is 1. The van der Waals surface area contributed by atoms with Crippen LogP contribution < -0.4 is 4.90 Å². The van der Waals surface area contributed by atoms with Crippen LogP contribution in [0.2, 0.25) is 5.02 Å². The zero-order valence-electron chi connectivity index (χ0n) is 23.4. The number of nitrogens with zero attached hydrogens (tertiary/aromatic N) is 6. The maximum Gasteiger partial charge on any atom is 0.103 e. The Morgan fingerprint density at radius 2 is 2.00 bits per heavy atom. The van der Waals surface area contributed by atoms with Crippen molar-refractivity contribution in [2.24, 2.45) is 5.41 Å². The highest BCUT2D eigenvalue weighted by Crippen LogP contribution is 2.71. The van der Waals surface area contributed by atoms with E-state index in [4.69, 9.17) is 25.2 Å². The molecule has 2 aromatic heterocycles. The average molecular weight is 516 g/mol. The zero-order chi connectivity index (χ0) is 27.2. The number of halogens is 1. The first-order valence-electron chi connectivity index (χ1n) is 14.1. The van der Waals surface area contributed by atoms with Crippen molar-refractivity contribution in [3.8, 4) is 5.69 Å². The number of benzene rings is 1. The molecule has 5 aliphatic rings. The largest absolute Gasteiger partial charge is 0.389 e. The number of aliphatic hydroxyl groups is 1. The lowest BCUT2D eigenvalue weighted by molar-refractivity contribution is -0.217. The SMILES string of the molecule is [2H]C([2H])([2H])OCC12CC(n3cc(-n4ncc5cc(Cl)c(N6CCN([C@]7(C)COC[C@@H]7O)CC6)cc54)cn3)(C1)C2. The van der Waals surface area contributed by atoms with E-state index in [-0.39, 0.29) is 23.1 Å². The molecule has 0 spiro atoms. The normalized spacial score (nSPS) is 35.8. The number of piperazine rings is 1. The molecule has 8 rings (SSSR count). The summed E-state index contributed by atoms with van der Waals surface area (Å²) in [5.41, 5.74) is 2.38. The van der Waals surface area contributed by atoms with Gasteiger partial charge in [-0.05, 0) is 38.3 Å². The predicted molar refractivity (Wildman–Crippen MR) is 137 cm³/mol. The monoisotopic (exact) mass is 515 g/mol. The lowest BCUT2D eigenvalue weighted by Crippen LogP contribution is -2.69. The summed E-state index contributed by atoms with van der Waals surface area (Å²) in [5, 5.41) is 21.4. The van der Waals surface area contributed by atoms with Gasteiger partial charge in [0.25, 0.3) is 0 Å². The van der Waals surface area contributed by atoms with E-state index in [0.29, 0.717) is 18.2 Å². The van der Waals surface area contributed by atoms with Crippen LogP contribution in [-0.4, -0.2) is 94.2 Å². The fraction of sp³-hybridized carbons (Fsp3) is 0.615. The molecule has 2 bridgehead atoms. The van der Waals surface area contributed by atoms with Crippen LogP contribution >= 0.6 is 11.6 Å². The third kappa shape index (κ3) is 3.23. The van der Waals surface area contributed by atoms with Crippen LogP contribution in [0, 0.1) is 5.41 Å². The number of ether oxygens (including phenoxy) is 2. The summed E-state index contributed by atoms with van der Waals surface area (Å²) in [6.07, 6.45) is 7.85. The summed E-state index contributed by atoms with van der Waals surface area (Å²) < 4.78 is 36.5. The van der Waals surface area contributed by atoms with Gasteiger partial charge in [-0.1, -0.05) is 11.6 Å². The van der Waals surface area contributed by atoms with Crippen LogP contribution in [0.15, 0.2) is 30.7 Å². The molecule has 1 aromatic carbocycles. The minimum Gasteiger partial charge on any atom is -0.389 e. The summed E-state index contributed by atoms with van der Waals surface area (Å²) in [7, 11) is -2.34. The molecular formula is C26H33ClN6O3. The molecule has 1 N–H and O–H groups in total. The van der Waals surface area contributed by atoms with Crippen molar-refractivity contribution in [3.05, 3.63) is 35.7 Å². The molecule has 0 amide bonds. The molecule has 2 aliphatic heterocycles. The molecule has 192 valence electrons. The van der Waals surface area contributed by atoms with Crippen LogP contribution in [-0.2, 0) is 15.0 Å². The van der Waals surface area contributed by atoms with Gasteiger partial charge in [0.1, 0.15) is 5.69 Å². The van der Waals surface area contributed by atoms with Crippen LogP contribution in [0.5, 0.6) is 0 Å². The Kier molecular flexibility index (Phi) is 4.37. The van der Waals surface area contributed by atoms with Crippen molar-refractivity contribution in [2.75, 3.05) is 57.9 Å². The van der Waals surface area contributed by atoms with Crippen molar-refractivity contribution >= 4 is 28.2 Å². The number of aliphatic hydroxyl groups excluding tert-OH is 1. The number of methoxy groups -OCH3 is 1. The van der Waals surface area contributed by atoms with E-state index in [1.807, 2.05) is 34.0 Å². The third-order valence-electron chi connectivity index (χ3n) is 9.16. The quantitative estimate of drug-likeness (QED) is 0.540. The zero-order valence-corrected chi connectivity index (χ0v) is 21.1. The maximum absolute atomic E-state index is 10.5. The molecular weight excluding hydrogens is 480 g/mol. The molecule has 10 heteroatoms. The first kappa shape index (κ1) is 19.9. The lowest BCUT2D eigenvalue weighted by Gasteiger charge is -2.70. The van der Waals surface area contributed by atoms with Crippen LogP contribution in [0.1, 0.15) is 30.3 Å². The molecule has 36 heavy (non-hydrogen) atoms. The highest BCUT2D eigenvalue weighted by atomic mass is 35.5. The molecule has 2 atom stereocenters. The molecule has 4 heterocycles. The fourth-order valence-electron chi connectivity index (χ4n) is 7.07. The van der Waals surface area contributed by atoms with Crippen molar-refractivity contribution in [2.45, 2.75) is 43.4 Å². The van der Waals surface area contributed by atoms with Gasteiger partial charge in [0.15, 0.2) is 0 Å². The molecule has 9 nitrogen and oxygen atoms in total. The van der Waals surface area contributed by atoms with Gasteiger partial charge in [0.05, 0.1) is 75.9 Å². The maximum atomic E-state index is 10.5.